The highest BCUT2D eigenvalue weighted by molar-refractivity contribution is 9.10. The van der Waals surface area contributed by atoms with Crippen LogP contribution >= 0.6 is 15.9 Å². The molecule has 98 valence electrons. The van der Waals surface area contributed by atoms with Crippen molar-refractivity contribution in [2.45, 2.75) is 6.92 Å². The molecule has 0 saturated carbocycles. The van der Waals surface area contributed by atoms with Gasteiger partial charge in [0.1, 0.15) is 12.4 Å². The summed E-state index contributed by atoms with van der Waals surface area (Å²) < 4.78 is 18.6. The van der Waals surface area contributed by atoms with Gasteiger partial charge in [0, 0.05) is 11.0 Å². The fraction of sp³-hybridized carbons (Fsp3) is 0.333. The fourth-order valence-corrected chi connectivity index (χ4v) is 1.74. The van der Waals surface area contributed by atoms with Gasteiger partial charge in [-0.1, -0.05) is 15.9 Å². The molecule has 0 unspecified atom stereocenters. The lowest BCUT2D eigenvalue weighted by atomic mass is 10.2. The van der Waals surface area contributed by atoms with Gasteiger partial charge in [0.15, 0.2) is 0 Å². The number of carbonyl (C=O) groups is 2. The van der Waals surface area contributed by atoms with E-state index >= 15 is 0 Å². The molecule has 1 rings (SSSR count). The molecule has 0 bridgehead atoms. The van der Waals surface area contributed by atoms with Gasteiger partial charge >= 0.3 is 5.97 Å². The molecule has 1 aromatic carbocycles. The highest BCUT2D eigenvalue weighted by atomic mass is 79.9. The van der Waals surface area contributed by atoms with Crippen LogP contribution in [0.1, 0.15) is 17.3 Å². The number of nitrogens with zero attached hydrogens (tertiary/aromatic N) is 1. The van der Waals surface area contributed by atoms with E-state index in [4.69, 9.17) is 0 Å². The van der Waals surface area contributed by atoms with Crippen molar-refractivity contribution in [3.63, 3.8) is 0 Å². The minimum Gasteiger partial charge on any atom is -0.468 e. The molecule has 0 radical (unpaired) electrons. The Morgan fingerprint density at radius 3 is 2.67 bits per heavy atom. The summed E-state index contributed by atoms with van der Waals surface area (Å²) in [6, 6.07) is 4.09. The first-order chi connectivity index (χ1) is 8.49. The summed E-state index contributed by atoms with van der Waals surface area (Å²) in [4.78, 5) is 24.4. The maximum absolute atomic E-state index is 13.6. The largest absolute Gasteiger partial charge is 0.468 e. The Morgan fingerprint density at radius 2 is 2.11 bits per heavy atom. The van der Waals surface area contributed by atoms with E-state index in [2.05, 4.69) is 20.7 Å². The van der Waals surface area contributed by atoms with E-state index in [0.29, 0.717) is 11.0 Å². The van der Waals surface area contributed by atoms with Crippen molar-refractivity contribution in [3.8, 4) is 0 Å². The summed E-state index contributed by atoms with van der Waals surface area (Å²) in [5, 5.41) is 0. The van der Waals surface area contributed by atoms with E-state index in [0.717, 1.165) is 0 Å². The Balaban J connectivity index is 2.96. The standard InChI is InChI=1S/C12H13BrFNO3/c1-3-15(7-11(16)18-2)12(17)9-6-8(13)4-5-10(9)14/h4-6H,3,7H2,1-2H3. The second-order valence-corrected chi connectivity index (χ2v) is 4.44. The average Bonchev–Trinajstić information content (AvgIpc) is 2.37. The van der Waals surface area contributed by atoms with Crippen molar-refractivity contribution < 1.29 is 18.7 Å². The van der Waals surface area contributed by atoms with Gasteiger partial charge in [-0.05, 0) is 25.1 Å². The Hall–Kier alpha value is -1.43. The molecule has 1 amide bonds. The first-order valence-electron chi connectivity index (χ1n) is 5.30. The summed E-state index contributed by atoms with van der Waals surface area (Å²) >= 11 is 3.17. The molecule has 0 saturated heterocycles. The molecular formula is C12H13BrFNO3. The molecule has 0 aromatic heterocycles. The van der Waals surface area contributed by atoms with Crippen molar-refractivity contribution >= 4 is 27.8 Å². The number of halogens is 2. The predicted octanol–water partition coefficient (Wildman–Crippen LogP) is 2.22. The van der Waals surface area contributed by atoms with E-state index in [1.165, 1.54) is 30.2 Å². The summed E-state index contributed by atoms with van der Waals surface area (Å²) in [5.74, 6) is -1.70. The quantitative estimate of drug-likeness (QED) is 0.800. The molecule has 0 aliphatic heterocycles. The summed E-state index contributed by atoms with van der Waals surface area (Å²) in [5.41, 5.74) is -0.0740. The van der Waals surface area contributed by atoms with Crippen LogP contribution in [-0.2, 0) is 9.53 Å². The van der Waals surface area contributed by atoms with Crippen molar-refractivity contribution in [2.24, 2.45) is 0 Å². The summed E-state index contributed by atoms with van der Waals surface area (Å²) in [6.07, 6.45) is 0. The molecule has 0 atom stereocenters. The number of hydrogen-bond acceptors (Lipinski definition) is 3. The topological polar surface area (TPSA) is 46.6 Å². The molecule has 0 aliphatic rings. The fourth-order valence-electron chi connectivity index (χ4n) is 1.38. The molecule has 1 aromatic rings. The van der Waals surface area contributed by atoms with Crippen molar-refractivity contribution in [1.29, 1.82) is 0 Å². The molecular weight excluding hydrogens is 305 g/mol. The van der Waals surface area contributed by atoms with E-state index in [1.807, 2.05) is 0 Å². The number of hydrogen-bond donors (Lipinski definition) is 0. The average molecular weight is 318 g/mol. The lowest BCUT2D eigenvalue weighted by Gasteiger charge is -2.19. The van der Waals surface area contributed by atoms with E-state index in [1.54, 1.807) is 6.92 Å². The number of esters is 1. The number of rotatable bonds is 4. The molecule has 0 aliphatic carbocycles. The van der Waals surface area contributed by atoms with E-state index in [9.17, 15) is 14.0 Å². The van der Waals surface area contributed by atoms with Crippen LogP contribution in [0.3, 0.4) is 0 Å². The molecule has 6 heteroatoms. The highest BCUT2D eigenvalue weighted by Crippen LogP contribution is 2.17. The van der Waals surface area contributed by atoms with Crippen LogP contribution in [0, 0.1) is 5.82 Å². The minimum atomic E-state index is -0.619. The first kappa shape index (κ1) is 14.6. The Morgan fingerprint density at radius 1 is 1.44 bits per heavy atom. The van der Waals surface area contributed by atoms with Gasteiger partial charge < -0.3 is 9.64 Å². The molecule has 0 N–H and O–H groups in total. The summed E-state index contributed by atoms with van der Waals surface area (Å²) in [7, 11) is 1.24. The van der Waals surface area contributed by atoms with Crippen LogP contribution in [-0.4, -0.2) is 37.0 Å². The normalized spacial score (nSPS) is 10.0. The zero-order valence-corrected chi connectivity index (χ0v) is 11.7. The summed E-state index contributed by atoms with van der Waals surface area (Å²) in [6.45, 7) is 1.80. The molecule has 0 heterocycles. The Bertz CT molecular complexity index is 465. The molecule has 4 nitrogen and oxygen atoms in total. The lowest BCUT2D eigenvalue weighted by Crippen LogP contribution is -2.36. The van der Waals surface area contributed by atoms with Crippen molar-refractivity contribution in [1.82, 2.24) is 4.90 Å². The molecule has 0 spiro atoms. The highest BCUT2D eigenvalue weighted by Gasteiger charge is 2.20. The second kappa shape index (κ2) is 6.49. The van der Waals surface area contributed by atoms with Crippen LogP contribution in [0.4, 0.5) is 4.39 Å². The first-order valence-corrected chi connectivity index (χ1v) is 6.10. The van der Waals surface area contributed by atoms with Gasteiger partial charge in [0.05, 0.1) is 12.7 Å². The Labute approximate surface area is 113 Å². The van der Waals surface area contributed by atoms with Gasteiger partial charge in [-0.2, -0.15) is 0 Å². The number of amides is 1. The number of methoxy groups -OCH3 is 1. The number of ether oxygens (including phenoxy) is 1. The zero-order chi connectivity index (χ0) is 13.7. The van der Waals surface area contributed by atoms with Gasteiger partial charge in [0.25, 0.3) is 5.91 Å². The third-order valence-electron chi connectivity index (χ3n) is 2.38. The second-order valence-electron chi connectivity index (χ2n) is 3.52. The van der Waals surface area contributed by atoms with E-state index in [-0.39, 0.29) is 12.1 Å². The third kappa shape index (κ3) is 3.53. The van der Waals surface area contributed by atoms with Crippen molar-refractivity contribution in [3.05, 3.63) is 34.1 Å². The van der Waals surface area contributed by atoms with Crippen LogP contribution < -0.4 is 0 Å². The molecule has 0 fully saturated rings. The van der Waals surface area contributed by atoms with E-state index < -0.39 is 17.7 Å². The van der Waals surface area contributed by atoms with Crippen molar-refractivity contribution in [2.75, 3.05) is 20.2 Å². The maximum atomic E-state index is 13.6. The van der Waals surface area contributed by atoms with Gasteiger partial charge in [0.2, 0.25) is 0 Å². The van der Waals surface area contributed by atoms with Crippen LogP contribution in [0.5, 0.6) is 0 Å². The smallest absolute Gasteiger partial charge is 0.325 e. The zero-order valence-electron chi connectivity index (χ0n) is 10.1. The predicted molar refractivity (Wildman–Crippen MR) is 67.7 cm³/mol. The van der Waals surface area contributed by atoms with Gasteiger partial charge in [-0.25, -0.2) is 4.39 Å². The lowest BCUT2D eigenvalue weighted by molar-refractivity contribution is -0.141. The number of likely N-dealkylation sites (N-methyl/N-ethyl adjacent to an activating group) is 1. The Kier molecular flexibility index (Phi) is 5.27. The monoisotopic (exact) mass is 317 g/mol. The van der Waals surface area contributed by atoms with Gasteiger partial charge in [-0.15, -0.1) is 0 Å². The number of carbonyl (C=O) groups excluding carboxylic acids is 2. The van der Waals surface area contributed by atoms with Crippen LogP contribution in [0.2, 0.25) is 0 Å². The third-order valence-corrected chi connectivity index (χ3v) is 2.87. The van der Waals surface area contributed by atoms with Crippen LogP contribution in [0.15, 0.2) is 22.7 Å². The minimum absolute atomic E-state index is 0.0740. The maximum Gasteiger partial charge on any atom is 0.325 e. The molecule has 18 heavy (non-hydrogen) atoms. The number of benzene rings is 1. The van der Waals surface area contributed by atoms with Gasteiger partial charge in [-0.3, -0.25) is 9.59 Å². The van der Waals surface area contributed by atoms with Crippen LogP contribution in [0.25, 0.3) is 0 Å². The SMILES string of the molecule is CCN(CC(=O)OC)C(=O)c1cc(Br)ccc1F.